The standard InChI is InChI=1S/C24H29ClN4S/c1-16-26-27-23(29(16)19-7-5-6-8-19)21-15-18(25)11-14-22(21)28-30-20-12-9-17(10-13-20)24(2,3)4/h9-15,19,28H,5-8H2,1-4H3. The number of halogens is 1. The molecule has 2 aromatic carbocycles. The van der Waals surface area contributed by atoms with E-state index in [9.17, 15) is 0 Å². The molecule has 0 radical (unpaired) electrons. The topological polar surface area (TPSA) is 42.7 Å². The molecule has 0 aliphatic heterocycles. The van der Waals surface area contributed by atoms with Gasteiger partial charge in [0, 0.05) is 21.5 Å². The summed E-state index contributed by atoms with van der Waals surface area (Å²) in [6, 6.07) is 15.1. The monoisotopic (exact) mass is 440 g/mol. The number of nitrogens with zero attached hydrogens (tertiary/aromatic N) is 3. The molecule has 1 fully saturated rings. The Kier molecular flexibility index (Phi) is 6.12. The molecule has 0 bridgehead atoms. The summed E-state index contributed by atoms with van der Waals surface area (Å²) in [5.41, 5.74) is 3.48. The lowest BCUT2D eigenvalue weighted by Gasteiger charge is -2.19. The molecule has 0 unspecified atom stereocenters. The molecule has 1 heterocycles. The highest BCUT2D eigenvalue weighted by molar-refractivity contribution is 8.00. The van der Waals surface area contributed by atoms with Crippen LogP contribution in [0.15, 0.2) is 47.4 Å². The Hall–Kier alpha value is -1.98. The molecule has 4 nitrogen and oxygen atoms in total. The lowest BCUT2D eigenvalue weighted by molar-refractivity contribution is 0.510. The van der Waals surface area contributed by atoms with E-state index in [4.69, 9.17) is 11.6 Å². The fourth-order valence-electron chi connectivity index (χ4n) is 4.08. The highest BCUT2D eigenvalue weighted by atomic mass is 35.5. The predicted octanol–water partition coefficient (Wildman–Crippen LogP) is 7.44. The van der Waals surface area contributed by atoms with Gasteiger partial charge in [-0.2, -0.15) is 0 Å². The zero-order valence-corrected chi connectivity index (χ0v) is 19.6. The molecule has 1 saturated carbocycles. The number of hydrogen-bond acceptors (Lipinski definition) is 4. The second kappa shape index (κ2) is 8.64. The predicted molar refractivity (Wildman–Crippen MR) is 127 cm³/mol. The number of anilines is 1. The van der Waals surface area contributed by atoms with Gasteiger partial charge in [-0.25, -0.2) is 0 Å². The van der Waals surface area contributed by atoms with Crippen molar-refractivity contribution < 1.29 is 0 Å². The number of rotatable bonds is 5. The highest BCUT2D eigenvalue weighted by Crippen LogP contribution is 2.38. The van der Waals surface area contributed by atoms with Crippen molar-refractivity contribution in [2.45, 2.75) is 69.7 Å². The van der Waals surface area contributed by atoms with Crippen LogP contribution in [0.1, 0.15) is 63.9 Å². The van der Waals surface area contributed by atoms with E-state index in [1.54, 1.807) is 11.9 Å². The zero-order valence-electron chi connectivity index (χ0n) is 18.1. The molecule has 30 heavy (non-hydrogen) atoms. The first kappa shape index (κ1) is 21.3. The molecule has 0 saturated heterocycles. The summed E-state index contributed by atoms with van der Waals surface area (Å²) >= 11 is 7.97. The van der Waals surface area contributed by atoms with Crippen LogP contribution in [-0.4, -0.2) is 14.8 Å². The van der Waals surface area contributed by atoms with E-state index in [0.717, 1.165) is 27.8 Å². The number of hydrogen-bond donors (Lipinski definition) is 1. The van der Waals surface area contributed by atoms with E-state index in [1.165, 1.54) is 31.2 Å². The average Bonchev–Trinajstić information content (AvgIpc) is 3.36. The zero-order chi connectivity index (χ0) is 21.3. The van der Waals surface area contributed by atoms with Crippen LogP contribution in [-0.2, 0) is 5.41 Å². The molecule has 158 valence electrons. The minimum Gasteiger partial charge on any atom is -0.325 e. The molecule has 6 heteroatoms. The minimum absolute atomic E-state index is 0.155. The Morgan fingerprint density at radius 3 is 2.40 bits per heavy atom. The van der Waals surface area contributed by atoms with Gasteiger partial charge in [0.05, 0.1) is 5.69 Å². The fourth-order valence-corrected chi connectivity index (χ4v) is 4.93. The summed E-state index contributed by atoms with van der Waals surface area (Å²) in [6.07, 6.45) is 4.90. The van der Waals surface area contributed by atoms with E-state index in [-0.39, 0.29) is 5.41 Å². The summed E-state index contributed by atoms with van der Waals surface area (Å²) in [6.45, 7) is 8.74. The minimum atomic E-state index is 0.155. The molecular weight excluding hydrogens is 412 g/mol. The van der Waals surface area contributed by atoms with Crippen LogP contribution in [0.2, 0.25) is 5.02 Å². The molecule has 0 atom stereocenters. The Labute approximate surface area is 188 Å². The van der Waals surface area contributed by atoms with Crippen LogP contribution in [0.5, 0.6) is 0 Å². The summed E-state index contributed by atoms with van der Waals surface area (Å²) in [5.74, 6) is 1.86. The van der Waals surface area contributed by atoms with Crippen molar-refractivity contribution in [2.24, 2.45) is 0 Å². The van der Waals surface area contributed by atoms with Gasteiger partial charge in [0.25, 0.3) is 0 Å². The molecular formula is C24H29ClN4S. The van der Waals surface area contributed by atoms with Gasteiger partial charge in [-0.3, -0.25) is 0 Å². The fraction of sp³-hybridized carbons (Fsp3) is 0.417. The smallest absolute Gasteiger partial charge is 0.166 e. The van der Waals surface area contributed by atoms with E-state index in [2.05, 4.69) is 64.5 Å². The second-order valence-corrected chi connectivity index (χ2v) is 10.4. The normalized spacial score (nSPS) is 15.0. The number of nitrogens with one attached hydrogen (secondary N) is 1. The summed E-state index contributed by atoms with van der Waals surface area (Å²) in [5, 5.41) is 9.63. The maximum absolute atomic E-state index is 6.37. The SMILES string of the molecule is Cc1nnc(-c2cc(Cl)ccc2NSc2ccc(C(C)(C)C)cc2)n1C1CCCC1. The number of benzene rings is 2. The van der Waals surface area contributed by atoms with Crippen LogP contribution < -0.4 is 4.72 Å². The van der Waals surface area contributed by atoms with Crippen LogP contribution in [0.25, 0.3) is 11.4 Å². The molecule has 1 N–H and O–H groups in total. The first-order valence-electron chi connectivity index (χ1n) is 10.6. The van der Waals surface area contributed by atoms with E-state index < -0.39 is 0 Å². The first-order chi connectivity index (χ1) is 14.3. The second-order valence-electron chi connectivity index (χ2n) is 9.05. The van der Waals surface area contributed by atoms with Gasteiger partial charge < -0.3 is 9.29 Å². The first-order valence-corrected chi connectivity index (χ1v) is 11.8. The van der Waals surface area contributed by atoms with Crippen LogP contribution in [0, 0.1) is 6.92 Å². The van der Waals surface area contributed by atoms with Gasteiger partial charge in [-0.05, 0) is 73.0 Å². The van der Waals surface area contributed by atoms with Crippen molar-refractivity contribution in [1.82, 2.24) is 14.8 Å². The summed E-state index contributed by atoms with van der Waals surface area (Å²) in [7, 11) is 0. The van der Waals surface area contributed by atoms with Crippen LogP contribution >= 0.6 is 23.5 Å². The molecule has 1 aliphatic carbocycles. The third-order valence-electron chi connectivity index (χ3n) is 5.78. The molecule has 4 rings (SSSR count). The lowest BCUT2D eigenvalue weighted by atomic mass is 9.87. The summed E-state index contributed by atoms with van der Waals surface area (Å²) < 4.78 is 5.82. The summed E-state index contributed by atoms with van der Waals surface area (Å²) in [4.78, 5) is 1.16. The van der Waals surface area contributed by atoms with Crippen molar-refractivity contribution in [3.8, 4) is 11.4 Å². The van der Waals surface area contributed by atoms with E-state index >= 15 is 0 Å². The number of aryl methyl sites for hydroxylation is 1. The van der Waals surface area contributed by atoms with Gasteiger partial charge in [-0.15, -0.1) is 10.2 Å². The van der Waals surface area contributed by atoms with Crippen molar-refractivity contribution in [3.05, 3.63) is 58.9 Å². The van der Waals surface area contributed by atoms with Gasteiger partial charge in [0.2, 0.25) is 0 Å². The van der Waals surface area contributed by atoms with Crippen molar-refractivity contribution >= 4 is 29.2 Å². The van der Waals surface area contributed by atoms with Crippen LogP contribution in [0.4, 0.5) is 5.69 Å². The van der Waals surface area contributed by atoms with Crippen molar-refractivity contribution in [1.29, 1.82) is 0 Å². The third-order valence-corrected chi connectivity index (χ3v) is 6.84. The Balaban J connectivity index is 1.61. The van der Waals surface area contributed by atoms with Gasteiger partial charge in [-0.1, -0.05) is 57.3 Å². The van der Waals surface area contributed by atoms with Gasteiger partial charge >= 0.3 is 0 Å². The molecule has 0 spiro atoms. The molecule has 3 aromatic rings. The van der Waals surface area contributed by atoms with E-state index in [0.29, 0.717) is 11.1 Å². The quantitative estimate of drug-likeness (QED) is 0.418. The molecule has 1 aliphatic rings. The Morgan fingerprint density at radius 2 is 1.73 bits per heavy atom. The highest BCUT2D eigenvalue weighted by Gasteiger charge is 2.24. The van der Waals surface area contributed by atoms with Gasteiger partial charge in [0.15, 0.2) is 5.82 Å². The van der Waals surface area contributed by atoms with Crippen molar-refractivity contribution in [3.63, 3.8) is 0 Å². The maximum Gasteiger partial charge on any atom is 0.166 e. The maximum atomic E-state index is 6.37. The third kappa shape index (κ3) is 4.52. The molecule has 0 amide bonds. The average molecular weight is 441 g/mol. The number of aromatic nitrogens is 3. The van der Waals surface area contributed by atoms with Crippen molar-refractivity contribution in [2.75, 3.05) is 4.72 Å². The Morgan fingerprint density at radius 1 is 1.03 bits per heavy atom. The van der Waals surface area contributed by atoms with Crippen LogP contribution in [0.3, 0.4) is 0 Å². The Bertz CT molecular complexity index is 1010. The molecule has 1 aromatic heterocycles. The lowest BCUT2D eigenvalue weighted by Crippen LogP contribution is -2.10. The van der Waals surface area contributed by atoms with E-state index in [1.807, 2.05) is 25.1 Å². The van der Waals surface area contributed by atoms with Gasteiger partial charge in [0.1, 0.15) is 5.82 Å². The largest absolute Gasteiger partial charge is 0.325 e.